The Hall–Kier alpha value is -0.120. The molecule has 1 heterocycles. The lowest BCUT2D eigenvalue weighted by atomic mass is 9.92. The van der Waals surface area contributed by atoms with Crippen LogP contribution < -0.4 is 5.32 Å². The van der Waals surface area contributed by atoms with Crippen molar-refractivity contribution < 1.29 is 0 Å². The van der Waals surface area contributed by atoms with Gasteiger partial charge in [-0.15, -0.1) is 0 Å². The van der Waals surface area contributed by atoms with Gasteiger partial charge in [-0.3, -0.25) is 4.90 Å². The third-order valence-electron chi connectivity index (χ3n) is 3.64. The molecule has 3 heteroatoms. The number of hydrogen-bond donors (Lipinski definition) is 1. The Morgan fingerprint density at radius 1 is 1.31 bits per heavy atom. The normalized spacial score (nSPS) is 24.9. The first-order valence-electron chi connectivity index (χ1n) is 6.55. The Balaban J connectivity index is 2.43. The van der Waals surface area contributed by atoms with Gasteiger partial charge in [0.25, 0.3) is 0 Å². The second-order valence-electron chi connectivity index (χ2n) is 5.97. The molecule has 0 radical (unpaired) electrons. The molecule has 3 nitrogen and oxygen atoms in total. The highest BCUT2D eigenvalue weighted by Crippen LogP contribution is 2.19. The van der Waals surface area contributed by atoms with Crippen molar-refractivity contribution in [2.24, 2.45) is 5.41 Å². The minimum absolute atomic E-state index is 0.378. The topological polar surface area (TPSA) is 18.5 Å². The van der Waals surface area contributed by atoms with E-state index in [1.54, 1.807) is 0 Å². The SMILES string of the molecule is CCC1CN(CC(C)(C)CNC)CCN1C. The second-order valence-corrected chi connectivity index (χ2v) is 5.97. The summed E-state index contributed by atoms with van der Waals surface area (Å²) in [6, 6.07) is 0.749. The van der Waals surface area contributed by atoms with Gasteiger partial charge in [0, 0.05) is 38.8 Å². The smallest absolute Gasteiger partial charge is 0.0218 e. The van der Waals surface area contributed by atoms with Crippen LogP contribution in [0.4, 0.5) is 0 Å². The van der Waals surface area contributed by atoms with Crippen LogP contribution in [0.2, 0.25) is 0 Å². The average Bonchev–Trinajstić information content (AvgIpc) is 2.20. The van der Waals surface area contributed by atoms with Crippen LogP contribution in [0.3, 0.4) is 0 Å². The summed E-state index contributed by atoms with van der Waals surface area (Å²) in [5.41, 5.74) is 0.378. The van der Waals surface area contributed by atoms with Crippen LogP contribution in [0.1, 0.15) is 27.2 Å². The molecule has 0 aromatic carbocycles. The number of likely N-dealkylation sites (N-methyl/N-ethyl adjacent to an activating group) is 1. The Kier molecular flexibility index (Phi) is 5.22. The van der Waals surface area contributed by atoms with Crippen molar-refractivity contribution in [1.29, 1.82) is 0 Å². The van der Waals surface area contributed by atoms with E-state index < -0.39 is 0 Å². The van der Waals surface area contributed by atoms with Gasteiger partial charge in [0.05, 0.1) is 0 Å². The van der Waals surface area contributed by atoms with Crippen LogP contribution in [0.25, 0.3) is 0 Å². The van der Waals surface area contributed by atoms with Crippen LogP contribution in [-0.4, -0.2) is 62.7 Å². The molecule has 0 aromatic rings. The lowest BCUT2D eigenvalue weighted by Crippen LogP contribution is -2.53. The molecule has 96 valence electrons. The van der Waals surface area contributed by atoms with Gasteiger partial charge in [-0.25, -0.2) is 0 Å². The van der Waals surface area contributed by atoms with E-state index in [2.05, 4.69) is 42.9 Å². The van der Waals surface area contributed by atoms with Crippen molar-refractivity contribution >= 4 is 0 Å². The van der Waals surface area contributed by atoms with E-state index in [-0.39, 0.29) is 0 Å². The summed E-state index contributed by atoms with van der Waals surface area (Å²) in [6.07, 6.45) is 1.26. The largest absolute Gasteiger partial charge is 0.319 e. The molecule has 1 unspecified atom stereocenters. The van der Waals surface area contributed by atoms with E-state index in [1.165, 1.54) is 32.6 Å². The van der Waals surface area contributed by atoms with Gasteiger partial charge in [0.15, 0.2) is 0 Å². The quantitative estimate of drug-likeness (QED) is 0.763. The molecule has 0 amide bonds. The van der Waals surface area contributed by atoms with Gasteiger partial charge in [0.2, 0.25) is 0 Å². The van der Waals surface area contributed by atoms with Crippen molar-refractivity contribution in [2.45, 2.75) is 33.2 Å². The molecule has 1 aliphatic rings. The lowest BCUT2D eigenvalue weighted by molar-refractivity contribution is 0.0661. The van der Waals surface area contributed by atoms with E-state index in [9.17, 15) is 0 Å². The first kappa shape index (κ1) is 13.9. The predicted molar refractivity (Wildman–Crippen MR) is 70.9 cm³/mol. The Labute approximate surface area is 101 Å². The molecule has 0 spiro atoms. The van der Waals surface area contributed by atoms with Crippen LogP contribution in [0, 0.1) is 5.41 Å². The van der Waals surface area contributed by atoms with E-state index in [0.29, 0.717) is 5.41 Å². The van der Waals surface area contributed by atoms with Gasteiger partial charge < -0.3 is 10.2 Å². The third-order valence-corrected chi connectivity index (χ3v) is 3.64. The number of piperazine rings is 1. The minimum atomic E-state index is 0.378. The van der Waals surface area contributed by atoms with Crippen molar-refractivity contribution in [2.75, 3.05) is 46.8 Å². The van der Waals surface area contributed by atoms with Crippen molar-refractivity contribution in [3.05, 3.63) is 0 Å². The number of nitrogens with one attached hydrogen (secondary N) is 1. The van der Waals surface area contributed by atoms with Crippen molar-refractivity contribution in [1.82, 2.24) is 15.1 Å². The molecule has 0 aliphatic carbocycles. The number of hydrogen-bond acceptors (Lipinski definition) is 3. The van der Waals surface area contributed by atoms with Crippen LogP contribution in [-0.2, 0) is 0 Å². The third kappa shape index (κ3) is 4.04. The fraction of sp³-hybridized carbons (Fsp3) is 1.00. The fourth-order valence-corrected chi connectivity index (χ4v) is 2.73. The molecule has 1 aliphatic heterocycles. The van der Waals surface area contributed by atoms with Gasteiger partial charge >= 0.3 is 0 Å². The molecule has 1 rings (SSSR count). The van der Waals surface area contributed by atoms with E-state index >= 15 is 0 Å². The highest BCUT2D eigenvalue weighted by Gasteiger charge is 2.27. The fourth-order valence-electron chi connectivity index (χ4n) is 2.73. The van der Waals surface area contributed by atoms with Gasteiger partial charge in [0.1, 0.15) is 0 Å². The molecular formula is C13H29N3. The molecule has 0 aromatic heterocycles. The average molecular weight is 227 g/mol. The summed E-state index contributed by atoms with van der Waals surface area (Å²) in [7, 11) is 4.30. The van der Waals surface area contributed by atoms with Crippen LogP contribution >= 0.6 is 0 Å². The molecule has 0 saturated carbocycles. The highest BCUT2D eigenvalue weighted by molar-refractivity contribution is 4.83. The molecule has 1 saturated heterocycles. The van der Waals surface area contributed by atoms with Crippen LogP contribution in [0.5, 0.6) is 0 Å². The summed E-state index contributed by atoms with van der Waals surface area (Å²) < 4.78 is 0. The molecular weight excluding hydrogens is 198 g/mol. The Bertz CT molecular complexity index is 203. The van der Waals surface area contributed by atoms with Gasteiger partial charge in [-0.05, 0) is 25.9 Å². The van der Waals surface area contributed by atoms with E-state index in [4.69, 9.17) is 0 Å². The summed E-state index contributed by atoms with van der Waals surface area (Å²) in [6.45, 7) is 13.0. The molecule has 1 N–H and O–H groups in total. The van der Waals surface area contributed by atoms with Crippen molar-refractivity contribution in [3.63, 3.8) is 0 Å². The summed E-state index contributed by atoms with van der Waals surface area (Å²) in [4.78, 5) is 5.13. The molecule has 16 heavy (non-hydrogen) atoms. The zero-order chi connectivity index (χ0) is 12.2. The zero-order valence-corrected chi connectivity index (χ0v) is 11.7. The molecule has 0 bridgehead atoms. The second kappa shape index (κ2) is 5.99. The van der Waals surface area contributed by atoms with Crippen LogP contribution in [0.15, 0.2) is 0 Å². The molecule has 1 atom stereocenters. The maximum absolute atomic E-state index is 3.29. The Morgan fingerprint density at radius 2 is 2.00 bits per heavy atom. The maximum Gasteiger partial charge on any atom is 0.0218 e. The molecule has 1 fully saturated rings. The number of rotatable bonds is 5. The monoisotopic (exact) mass is 227 g/mol. The zero-order valence-electron chi connectivity index (χ0n) is 11.7. The van der Waals surface area contributed by atoms with E-state index in [0.717, 1.165) is 12.6 Å². The first-order chi connectivity index (χ1) is 7.48. The lowest BCUT2D eigenvalue weighted by Gasteiger charge is -2.42. The van der Waals surface area contributed by atoms with E-state index in [1.807, 2.05) is 7.05 Å². The predicted octanol–water partition coefficient (Wildman–Crippen LogP) is 1.26. The van der Waals surface area contributed by atoms with Crippen molar-refractivity contribution in [3.8, 4) is 0 Å². The first-order valence-corrected chi connectivity index (χ1v) is 6.55. The van der Waals surface area contributed by atoms with Gasteiger partial charge in [-0.2, -0.15) is 0 Å². The summed E-state index contributed by atoms with van der Waals surface area (Å²) in [5, 5.41) is 3.29. The Morgan fingerprint density at radius 3 is 2.56 bits per heavy atom. The maximum atomic E-state index is 3.29. The number of nitrogens with zero attached hydrogens (tertiary/aromatic N) is 2. The van der Waals surface area contributed by atoms with Gasteiger partial charge in [-0.1, -0.05) is 20.8 Å². The summed E-state index contributed by atoms with van der Waals surface area (Å²) >= 11 is 0. The highest BCUT2D eigenvalue weighted by atomic mass is 15.3. The standard InChI is InChI=1S/C13H29N3/c1-6-12-9-16(8-7-15(12)5)11-13(2,3)10-14-4/h12,14H,6-11H2,1-5H3. The minimum Gasteiger partial charge on any atom is -0.319 e. The summed E-state index contributed by atoms with van der Waals surface area (Å²) in [5.74, 6) is 0.